The van der Waals surface area contributed by atoms with Gasteiger partial charge in [-0.25, -0.2) is 0 Å². The third-order valence-electron chi connectivity index (χ3n) is 2.46. The molecule has 1 aliphatic heterocycles. The molecular formula is C10H24N2O. The molecule has 0 atom stereocenters. The van der Waals surface area contributed by atoms with Crippen LogP contribution in [-0.4, -0.2) is 25.2 Å². The molecule has 0 aromatic rings. The zero-order valence-electron chi connectivity index (χ0n) is 8.57. The van der Waals surface area contributed by atoms with Gasteiger partial charge in [-0.15, -0.1) is 0 Å². The minimum Gasteiger partial charge on any atom is -0.412 e. The Hall–Kier alpha value is -0.120. The lowest BCUT2D eigenvalue weighted by Gasteiger charge is -2.08. The molecule has 4 N–H and O–H groups in total. The summed E-state index contributed by atoms with van der Waals surface area (Å²) in [5.41, 5.74) is 0. The highest BCUT2D eigenvalue weighted by Crippen LogP contribution is 2.06. The summed E-state index contributed by atoms with van der Waals surface area (Å²) < 4.78 is 0. The molecule has 0 aliphatic carbocycles. The third-order valence-corrected chi connectivity index (χ3v) is 2.46. The largest absolute Gasteiger partial charge is 0.412 e. The Bertz CT molecular complexity index is 55.9. The van der Waals surface area contributed by atoms with Crippen LogP contribution in [0.3, 0.4) is 0 Å². The molecule has 0 amide bonds. The zero-order valence-corrected chi connectivity index (χ0v) is 8.57. The van der Waals surface area contributed by atoms with Crippen LogP contribution >= 0.6 is 0 Å². The summed E-state index contributed by atoms with van der Waals surface area (Å²) in [7, 11) is 0. The quantitative estimate of drug-likeness (QED) is 0.597. The topological polar surface area (TPSA) is 55.6 Å². The van der Waals surface area contributed by atoms with E-state index in [1.807, 2.05) is 0 Å². The Balaban J connectivity index is 0.00000144. The summed E-state index contributed by atoms with van der Waals surface area (Å²) in [4.78, 5) is 0. The zero-order chi connectivity index (χ0) is 8.49. The van der Waals surface area contributed by atoms with Crippen LogP contribution in [0.1, 0.15) is 44.9 Å². The molecule has 0 aromatic carbocycles. The fourth-order valence-corrected chi connectivity index (χ4v) is 1.65. The molecule has 1 heterocycles. The van der Waals surface area contributed by atoms with Crippen molar-refractivity contribution < 1.29 is 5.48 Å². The van der Waals surface area contributed by atoms with Crippen LogP contribution in [0.5, 0.6) is 0 Å². The summed E-state index contributed by atoms with van der Waals surface area (Å²) >= 11 is 0. The van der Waals surface area contributed by atoms with Crippen LogP contribution in [0.15, 0.2) is 0 Å². The molecule has 80 valence electrons. The number of hydrogen-bond donors (Lipinski definition) is 2. The smallest absolute Gasteiger partial charge is 0.0454 e. The second kappa shape index (κ2) is 9.96. The van der Waals surface area contributed by atoms with E-state index in [9.17, 15) is 0 Å². The molecule has 0 radical (unpaired) electrons. The average molecular weight is 188 g/mol. The van der Waals surface area contributed by atoms with Gasteiger partial charge in [-0.1, -0.05) is 32.1 Å². The van der Waals surface area contributed by atoms with Crippen LogP contribution < -0.4 is 10.6 Å². The maximum atomic E-state index is 3.39. The fourth-order valence-electron chi connectivity index (χ4n) is 1.65. The standard InChI is InChI=1S/C10H22N2.H2O/c1-2-4-6-8-11-10-12-9-7-5-3-1;/h11-12H,1-10H2;1H2. The van der Waals surface area contributed by atoms with E-state index in [1.54, 1.807) is 0 Å². The van der Waals surface area contributed by atoms with Crippen molar-refractivity contribution in [1.29, 1.82) is 0 Å². The average Bonchev–Trinajstić information content (AvgIpc) is 2.05. The van der Waals surface area contributed by atoms with Gasteiger partial charge in [-0.05, 0) is 25.9 Å². The highest BCUT2D eigenvalue weighted by Gasteiger charge is 1.94. The van der Waals surface area contributed by atoms with E-state index in [2.05, 4.69) is 10.6 Å². The highest BCUT2D eigenvalue weighted by molar-refractivity contribution is 4.53. The van der Waals surface area contributed by atoms with Gasteiger partial charge < -0.3 is 16.1 Å². The van der Waals surface area contributed by atoms with Crippen molar-refractivity contribution in [2.75, 3.05) is 19.8 Å². The first-order chi connectivity index (χ1) is 6.00. The van der Waals surface area contributed by atoms with Gasteiger partial charge in [0, 0.05) is 6.67 Å². The first-order valence-electron chi connectivity index (χ1n) is 5.41. The maximum Gasteiger partial charge on any atom is 0.0454 e. The van der Waals surface area contributed by atoms with Crippen molar-refractivity contribution >= 4 is 0 Å². The normalized spacial score (nSPS) is 22.2. The molecule has 0 spiro atoms. The van der Waals surface area contributed by atoms with Crippen molar-refractivity contribution in [1.82, 2.24) is 10.6 Å². The monoisotopic (exact) mass is 188 g/mol. The second-order valence-corrected chi connectivity index (χ2v) is 3.65. The Labute approximate surface area is 81.6 Å². The molecule has 1 saturated heterocycles. The van der Waals surface area contributed by atoms with Gasteiger partial charge in [0.05, 0.1) is 0 Å². The van der Waals surface area contributed by atoms with Crippen molar-refractivity contribution in [3.63, 3.8) is 0 Å². The van der Waals surface area contributed by atoms with Gasteiger partial charge in [0.25, 0.3) is 0 Å². The van der Waals surface area contributed by atoms with Gasteiger partial charge in [0.1, 0.15) is 0 Å². The van der Waals surface area contributed by atoms with Crippen LogP contribution in [-0.2, 0) is 0 Å². The Kier molecular flexibility index (Phi) is 9.87. The summed E-state index contributed by atoms with van der Waals surface area (Å²) in [5.74, 6) is 0. The molecule has 0 aromatic heterocycles. The fraction of sp³-hybridized carbons (Fsp3) is 1.00. The van der Waals surface area contributed by atoms with Crippen molar-refractivity contribution in [3.05, 3.63) is 0 Å². The molecule has 0 bridgehead atoms. The predicted octanol–water partition coefficient (Wildman–Crippen LogP) is 1.04. The molecule has 3 heteroatoms. The summed E-state index contributed by atoms with van der Waals surface area (Å²) in [6, 6.07) is 0. The van der Waals surface area contributed by atoms with E-state index in [1.165, 1.54) is 58.0 Å². The predicted molar refractivity (Wildman–Crippen MR) is 56.8 cm³/mol. The Morgan fingerprint density at radius 3 is 1.38 bits per heavy atom. The SMILES string of the molecule is C1CCCCNCNCCCC1.O. The minimum atomic E-state index is 0. The van der Waals surface area contributed by atoms with Gasteiger partial charge in [0.2, 0.25) is 0 Å². The van der Waals surface area contributed by atoms with Gasteiger partial charge in [-0.2, -0.15) is 0 Å². The maximum absolute atomic E-state index is 3.39. The van der Waals surface area contributed by atoms with E-state index in [4.69, 9.17) is 0 Å². The van der Waals surface area contributed by atoms with Crippen LogP contribution in [0, 0.1) is 0 Å². The van der Waals surface area contributed by atoms with Gasteiger partial charge >= 0.3 is 0 Å². The van der Waals surface area contributed by atoms with E-state index in [0.717, 1.165) is 6.67 Å². The van der Waals surface area contributed by atoms with E-state index >= 15 is 0 Å². The molecule has 1 rings (SSSR count). The lowest BCUT2D eigenvalue weighted by atomic mass is 10.1. The lowest BCUT2D eigenvalue weighted by Crippen LogP contribution is -2.30. The number of rotatable bonds is 0. The minimum absolute atomic E-state index is 0. The van der Waals surface area contributed by atoms with E-state index in [0.29, 0.717) is 0 Å². The van der Waals surface area contributed by atoms with Crippen molar-refractivity contribution in [2.24, 2.45) is 0 Å². The van der Waals surface area contributed by atoms with Crippen LogP contribution in [0.25, 0.3) is 0 Å². The van der Waals surface area contributed by atoms with Crippen molar-refractivity contribution in [3.8, 4) is 0 Å². The third kappa shape index (κ3) is 8.22. The highest BCUT2D eigenvalue weighted by atomic mass is 16.0. The lowest BCUT2D eigenvalue weighted by molar-refractivity contribution is 0.499. The summed E-state index contributed by atoms with van der Waals surface area (Å²) in [6.07, 6.45) is 9.84. The van der Waals surface area contributed by atoms with Crippen molar-refractivity contribution in [2.45, 2.75) is 44.9 Å². The summed E-state index contributed by atoms with van der Waals surface area (Å²) in [6.45, 7) is 3.38. The van der Waals surface area contributed by atoms with Gasteiger partial charge in [-0.3, -0.25) is 0 Å². The molecule has 0 saturated carbocycles. The van der Waals surface area contributed by atoms with Gasteiger partial charge in [0.15, 0.2) is 0 Å². The van der Waals surface area contributed by atoms with E-state index < -0.39 is 0 Å². The number of nitrogens with one attached hydrogen (secondary N) is 2. The molecule has 3 nitrogen and oxygen atoms in total. The molecule has 0 unspecified atom stereocenters. The van der Waals surface area contributed by atoms with E-state index in [-0.39, 0.29) is 5.48 Å². The molecule has 1 aliphatic rings. The first-order valence-corrected chi connectivity index (χ1v) is 5.41. The van der Waals surface area contributed by atoms with Crippen LogP contribution in [0.4, 0.5) is 0 Å². The van der Waals surface area contributed by atoms with Crippen LogP contribution in [0.2, 0.25) is 0 Å². The molecular weight excluding hydrogens is 164 g/mol. The number of hydrogen-bond acceptors (Lipinski definition) is 2. The first kappa shape index (κ1) is 12.9. The second-order valence-electron chi connectivity index (χ2n) is 3.65. The molecule has 1 fully saturated rings. The summed E-state index contributed by atoms with van der Waals surface area (Å²) in [5, 5.41) is 6.78. The Morgan fingerprint density at radius 2 is 0.923 bits per heavy atom. The molecule has 13 heavy (non-hydrogen) atoms. The Morgan fingerprint density at radius 1 is 0.538 bits per heavy atom.